The lowest BCUT2D eigenvalue weighted by molar-refractivity contribution is 0.478. The van der Waals surface area contributed by atoms with E-state index in [4.69, 9.17) is 10.7 Å². The first-order chi connectivity index (χ1) is 10.7. The molecule has 3 rings (SSSR count). The van der Waals surface area contributed by atoms with Gasteiger partial charge >= 0.3 is 0 Å². The summed E-state index contributed by atoms with van der Waals surface area (Å²) in [5, 5.41) is 10.5. The van der Waals surface area contributed by atoms with Crippen molar-refractivity contribution in [3.63, 3.8) is 0 Å². The quantitative estimate of drug-likeness (QED) is 0.396. The van der Waals surface area contributed by atoms with E-state index in [2.05, 4.69) is 25.1 Å². The molecule has 1 aromatic heterocycles. The molecule has 0 aliphatic heterocycles. The average Bonchev–Trinajstić information content (AvgIpc) is 2.93. The fraction of sp³-hybridized carbons (Fsp3) is 0.278. The number of phenols is 1. The van der Waals surface area contributed by atoms with E-state index in [1.807, 2.05) is 6.07 Å². The molecule has 1 heterocycles. The second-order valence-electron chi connectivity index (χ2n) is 5.55. The van der Waals surface area contributed by atoms with Gasteiger partial charge in [0.15, 0.2) is 0 Å². The van der Waals surface area contributed by atoms with Gasteiger partial charge in [0.25, 0.3) is 0 Å². The van der Waals surface area contributed by atoms with Crippen LogP contribution in [0, 0.1) is 0 Å². The van der Waals surface area contributed by atoms with Gasteiger partial charge < -0.3 is 10.8 Å². The highest BCUT2D eigenvalue weighted by molar-refractivity contribution is 7.21. The van der Waals surface area contributed by atoms with Gasteiger partial charge in [-0.1, -0.05) is 25.8 Å². The number of hydrogen-bond acceptors (Lipinski definition) is 4. The van der Waals surface area contributed by atoms with Crippen LogP contribution < -0.4 is 5.73 Å². The fourth-order valence-electron chi connectivity index (χ4n) is 2.52. The Morgan fingerprint density at radius 1 is 1.14 bits per heavy atom. The maximum Gasteiger partial charge on any atom is 0.138 e. The predicted octanol–water partition coefficient (Wildman–Crippen LogP) is 4.98. The summed E-state index contributed by atoms with van der Waals surface area (Å²) in [6.45, 7) is 2.22. The van der Waals surface area contributed by atoms with Gasteiger partial charge in [-0.3, -0.25) is 0 Å². The van der Waals surface area contributed by atoms with Gasteiger partial charge in [-0.15, -0.1) is 11.3 Å². The lowest BCUT2D eigenvalue weighted by atomic mass is 10.1. The molecule has 3 nitrogen and oxygen atoms in total. The second-order valence-corrected chi connectivity index (χ2v) is 6.58. The molecule has 0 radical (unpaired) electrons. The first-order valence-corrected chi connectivity index (χ1v) is 8.47. The van der Waals surface area contributed by atoms with Crippen LogP contribution in [0.5, 0.6) is 5.75 Å². The molecule has 0 fully saturated rings. The predicted molar refractivity (Wildman–Crippen MR) is 94.4 cm³/mol. The molecule has 0 atom stereocenters. The molecule has 3 aromatic rings. The molecule has 4 heteroatoms. The van der Waals surface area contributed by atoms with Crippen LogP contribution in [0.15, 0.2) is 36.4 Å². The average molecular weight is 312 g/mol. The summed E-state index contributed by atoms with van der Waals surface area (Å²) < 4.78 is 1.18. The highest BCUT2D eigenvalue weighted by Crippen LogP contribution is 2.33. The first-order valence-electron chi connectivity index (χ1n) is 7.65. The highest BCUT2D eigenvalue weighted by atomic mass is 32.1. The minimum absolute atomic E-state index is 0.114. The van der Waals surface area contributed by atoms with E-state index in [-0.39, 0.29) is 5.75 Å². The fourth-order valence-corrected chi connectivity index (χ4v) is 3.46. The van der Waals surface area contributed by atoms with Crippen LogP contribution in [-0.2, 0) is 6.42 Å². The summed E-state index contributed by atoms with van der Waals surface area (Å²) in [6, 6.07) is 11.8. The molecule has 0 saturated heterocycles. The molecular weight excluding hydrogens is 292 g/mol. The smallest absolute Gasteiger partial charge is 0.138 e. The number of hydrogen-bond donors (Lipinski definition) is 2. The molecule has 0 unspecified atom stereocenters. The summed E-state index contributed by atoms with van der Waals surface area (Å²) >= 11 is 1.65. The van der Waals surface area contributed by atoms with Gasteiger partial charge in [-0.25, -0.2) is 4.98 Å². The number of rotatable bonds is 5. The number of unbranched alkanes of at least 4 members (excludes halogenated alkanes) is 2. The lowest BCUT2D eigenvalue weighted by Crippen LogP contribution is -1.86. The van der Waals surface area contributed by atoms with Gasteiger partial charge in [0.05, 0.1) is 15.9 Å². The third-order valence-electron chi connectivity index (χ3n) is 3.80. The van der Waals surface area contributed by atoms with Gasteiger partial charge in [0, 0.05) is 5.56 Å². The van der Waals surface area contributed by atoms with Crippen molar-refractivity contribution >= 4 is 27.2 Å². The number of aromatic nitrogens is 1. The molecule has 0 spiro atoms. The Labute approximate surface area is 134 Å². The molecule has 0 saturated carbocycles. The Bertz CT molecular complexity index is 795. The number of benzene rings is 2. The van der Waals surface area contributed by atoms with Crippen LogP contribution in [0.3, 0.4) is 0 Å². The maximum atomic E-state index is 9.53. The molecule has 0 amide bonds. The lowest BCUT2D eigenvalue weighted by Gasteiger charge is -2.00. The van der Waals surface area contributed by atoms with E-state index in [1.54, 1.807) is 23.5 Å². The summed E-state index contributed by atoms with van der Waals surface area (Å²) in [5.74, 6) is 0.114. The van der Waals surface area contributed by atoms with Crippen molar-refractivity contribution in [2.24, 2.45) is 0 Å². The summed E-state index contributed by atoms with van der Waals surface area (Å²) in [5.41, 5.74) is 9.50. The van der Waals surface area contributed by atoms with Crippen LogP contribution in [0.4, 0.5) is 5.69 Å². The third kappa shape index (κ3) is 3.07. The Kier molecular flexibility index (Phi) is 4.29. The van der Waals surface area contributed by atoms with Gasteiger partial charge in [-0.2, -0.15) is 0 Å². The van der Waals surface area contributed by atoms with Crippen molar-refractivity contribution in [2.75, 3.05) is 5.73 Å². The molecule has 3 N–H and O–H groups in total. The van der Waals surface area contributed by atoms with Crippen molar-refractivity contribution in [1.82, 2.24) is 4.98 Å². The summed E-state index contributed by atoms with van der Waals surface area (Å²) in [7, 11) is 0. The van der Waals surface area contributed by atoms with Crippen LogP contribution in [0.1, 0.15) is 31.7 Å². The van der Waals surface area contributed by atoms with Gasteiger partial charge in [-0.05, 0) is 48.7 Å². The first kappa shape index (κ1) is 14.9. The zero-order valence-electron chi connectivity index (χ0n) is 12.7. The minimum atomic E-state index is 0.114. The normalized spacial score (nSPS) is 11.1. The Morgan fingerprint density at radius 2 is 2.00 bits per heavy atom. The molecule has 2 aromatic carbocycles. The molecule has 22 heavy (non-hydrogen) atoms. The minimum Gasteiger partial charge on any atom is -0.506 e. The molecular formula is C18H20N2OS. The number of nitrogens with zero attached hydrogens (tertiary/aromatic N) is 1. The topological polar surface area (TPSA) is 59.1 Å². The van der Waals surface area contributed by atoms with Crippen molar-refractivity contribution in [3.05, 3.63) is 42.0 Å². The van der Waals surface area contributed by atoms with E-state index in [0.29, 0.717) is 5.69 Å². The summed E-state index contributed by atoms with van der Waals surface area (Å²) in [6.07, 6.45) is 4.86. The molecule has 0 aliphatic rings. The van der Waals surface area contributed by atoms with Crippen LogP contribution in [0.2, 0.25) is 0 Å². The SMILES string of the molecule is CCCCCc1ccc2sc(-c3ccc(O)c(N)c3)nc2c1. The molecule has 0 bridgehead atoms. The number of aryl methyl sites for hydroxylation is 1. The number of nitrogens with two attached hydrogens (primary N) is 1. The zero-order chi connectivity index (χ0) is 15.5. The maximum absolute atomic E-state index is 9.53. The van der Waals surface area contributed by atoms with E-state index in [1.165, 1.54) is 29.5 Å². The van der Waals surface area contributed by atoms with E-state index < -0.39 is 0 Å². The number of anilines is 1. The largest absolute Gasteiger partial charge is 0.506 e. The van der Waals surface area contributed by atoms with E-state index in [9.17, 15) is 5.11 Å². The van der Waals surface area contributed by atoms with Crippen LogP contribution in [0.25, 0.3) is 20.8 Å². The van der Waals surface area contributed by atoms with E-state index >= 15 is 0 Å². The highest BCUT2D eigenvalue weighted by Gasteiger charge is 2.08. The Balaban J connectivity index is 1.90. The Hall–Kier alpha value is -2.07. The van der Waals surface area contributed by atoms with Crippen molar-refractivity contribution < 1.29 is 5.11 Å². The standard InChI is InChI=1S/C18H20N2OS/c1-2-3-4-5-12-6-9-17-15(10-12)20-18(22-17)13-7-8-16(21)14(19)11-13/h6-11,21H,2-5,19H2,1H3. The van der Waals surface area contributed by atoms with Crippen LogP contribution in [-0.4, -0.2) is 10.1 Å². The zero-order valence-corrected chi connectivity index (χ0v) is 13.5. The third-order valence-corrected chi connectivity index (χ3v) is 4.88. The Morgan fingerprint density at radius 3 is 2.77 bits per heavy atom. The van der Waals surface area contributed by atoms with Gasteiger partial charge in [0.1, 0.15) is 10.8 Å². The van der Waals surface area contributed by atoms with Crippen molar-refractivity contribution in [2.45, 2.75) is 32.6 Å². The second kappa shape index (κ2) is 6.36. The van der Waals surface area contributed by atoms with Crippen molar-refractivity contribution in [1.29, 1.82) is 0 Å². The summed E-state index contributed by atoms with van der Waals surface area (Å²) in [4.78, 5) is 4.72. The molecule has 0 aliphatic carbocycles. The number of aromatic hydroxyl groups is 1. The number of fused-ring (bicyclic) bond motifs is 1. The van der Waals surface area contributed by atoms with Crippen molar-refractivity contribution in [3.8, 4) is 16.3 Å². The van der Waals surface area contributed by atoms with Gasteiger partial charge in [0.2, 0.25) is 0 Å². The monoisotopic (exact) mass is 312 g/mol. The van der Waals surface area contributed by atoms with E-state index in [0.717, 1.165) is 22.5 Å². The van der Waals surface area contributed by atoms with Crippen LogP contribution >= 0.6 is 11.3 Å². The molecule has 114 valence electrons. The number of nitrogen functional groups attached to an aromatic ring is 1. The number of thiazole rings is 1. The number of phenolic OH excluding ortho intramolecular Hbond substituents is 1.